The minimum atomic E-state index is -0.0803. The number of piperidine rings is 1. The van der Waals surface area contributed by atoms with Crippen LogP contribution in [-0.2, 0) is 0 Å². The van der Waals surface area contributed by atoms with Crippen LogP contribution in [0.1, 0.15) is 33.6 Å². The van der Waals surface area contributed by atoms with Gasteiger partial charge in [-0.25, -0.2) is 0 Å². The summed E-state index contributed by atoms with van der Waals surface area (Å²) in [6.45, 7) is 0.742. The maximum Gasteiger partial charge on any atom is 0.255 e. The summed E-state index contributed by atoms with van der Waals surface area (Å²) in [5.41, 5.74) is 1.18. The Hall–Kier alpha value is -2.33. The van der Waals surface area contributed by atoms with Crippen LogP contribution in [0.5, 0.6) is 0 Å². The zero-order valence-corrected chi connectivity index (χ0v) is 14.4. The van der Waals surface area contributed by atoms with Crippen LogP contribution in [0.4, 0.5) is 0 Å². The van der Waals surface area contributed by atoms with Crippen LogP contribution >= 0.6 is 11.6 Å². The van der Waals surface area contributed by atoms with Crippen molar-refractivity contribution in [1.82, 2.24) is 10.2 Å². The molecule has 0 unspecified atom stereocenters. The van der Waals surface area contributed by atoms with Crippen molar-refractivity contribution in [3.8, 4) is 0 Å². The fraction of sp³-hybridized carbons (Fsp3) is 0.300. The van der Waals surface area contributed by atoms with Gasteiger partial charge >= 0.3 is 0 Å². The second-order valence-electron chi connectivity index (χ2n) is 6.79. The van der Waals surface area contributed by atoms with Crippen LogP contribution < -0.4 is 5.32 Å². The lowest BCUT2D eigenvalue weighted by Gasteiger charge is -2.34. The normalized spacial score (nSPS) is 24.4. The van der Waals surface area contributed by atoms with Crippen LogP contribution in [-0.4, -0.2) is 35.3 Å². The highest BCUT2D eigenvalue weighted by Gasteiger charge is 2.47. The smallest absolute Gasteiger partial charge is 0.255 e. The van der Waals surface area contributed by atoms with Gasteiger partial charge in [0.05, 0.1) is 16.6 Å². The molecule has 0 aromatic heterocycles. The van der Waals surface area contributed by atoms with Crippen molar-refractivity contribution >= 4 is 23.4 Å². The quantitative estimate of drug-likeness (QED) is 0.918. The number of benzene rings is 2. The number of halogens is 1. The average molecular weight is 355 g/mol. The number of nitrogens with zero attached hydrogens (tertiary/aromatic N) is 1. The predicted octanol–water partition coefficient (Wildman–Crippen LogP) is 3.37. The molecule has 2 aromatic rings. The summed E-state index contributed by atoms with van der Waals surface area (Å²) in [7, 11) is 0. The Balaban J connectivity index is 1.50. The van der Waals surface area contributed by atoms with Crippen molar-refractivity contribution in [3.05, 3.63) is 70.7 Å². The fourth-order valence-electron chi connectivity index (χ4n) is 4.04. The summed E-state index contributed by atoms with van der Waals surface area (Å²) in [6.07, 6.45) is 1.87. The van der Waals surface area contributed by atoms with Crippen molar-refractivity contribution in [3.63, 3.8) is 0 Å². The maximum absolute atomic E-state index is 12.9. The first-order chi connectivity index (χ1) is 12.1. The van der Waals surface area contributed by atoms with Gasteiger partial charge in [0, 0.05) is 18.2 Å². The maximum atomic E-state index is 12.9. The molecular formula is C20H19ClN2O2. The van der Waals surface area contributed by atoms with Crippen LogP contribution in [0.25, 0.3) is 0 Å². The fourth-order valence-corrected chi connectivity index (χ4v) is 4.26. The molecule has 1 aliphatic carbocycles. The summed E-state index contributed by atoms with van der Waals surface area (Å²) < 4.78 is 0. The van der Waals surface area contributed by atoms with E-state index in [9.17, 15) is 9.59 Å². The van der Waals surface area contributed by atoms with E-state index in [0.717, 1.165) is 19.4 Å². The molecule has 2 aromatic carbocycles. The molecule has 0 spiro atoms. The topological polar surface area (TPSA) is 49.4 Å². The van der Waals surface area contributed by atoms with Gasteiger partial charge in [-0.1, -0.05) is 41.9 Å². The largest absolute Gasteiger partial charge is 0.347 e. The van der Waals surface area contributed by atoms with Gasteiger partial charge in [0.2, 0.25) is 0 Å². The van der Waals surface area contributed by atoms with Crippen LogP contribution in [0, 0.1) is 5.92 Å². The number of nitrogens with one attached hydrogen (secondary N) is 1. The zero-order chi connectivity index (χ0) is 17.4. The van der Waals surface area contributed by atoms with Crippen molar-refractivity contribution in [2.75, 3.05) is 6.54 Å². The van der Waals surface area contributed by atoms with Crippen molar-refractivity contribution in [2.24, 2.45) is 5.92 Å². The van der Waals surface area contributed by atoms with Crippen molar-refractivity contribution < 1.29 is 9.59 Å². The Labute approximate surface area is 151 Å². The number of hydrogen-bond acceptors (Lipinski definition) is 2. The lowest BCUT2D eigenvalue weighted by atomic mass is 10.0. The monoisotopic (exact) mass is 354 g/mol. The Morgan fingerprint density at radius 2 is 1.72 bits per heavy atom. The molecule has 4 rings (SSSR count). The predicted molar refractivity (Wildman–Crippen MR) is 96.7 cm³/mol. The Morgan fingerprint density at radius 1 is 1.00 bits per heavy atom. The molecule has 1 saturated heterocycles. The molecular weight excluding hydrogens is 336 g/mol. The summed E-state index contributed by atoms with van der Waals surface area (Å²) in [6, 6.07) is 16.4. The van der Waals surface area contributed by atoms with E-state index in [2.05, 4.69) is 5.32 Å². The average Bonchev–Trinajstić information content (AvgIpc) is 3.22. The minimum absolute atomic E-state index is 0.00195. The number of carbonyl (C=O) groups is 2. The minimum Gasteiger partial charge on any atom is -0.347 e. The van der Waals surface area contributed by atoms with E-state index >= 15 is 0 Å². The molecule has 4 nitrogen and oxygen atoms in total. The number of likely N-dealkylation sites (tertiary alicyclic amines) is 1. The van der Waals surface area contributed by atoms with Gasteiger partial charge in [0.15, 0.2) is 0 Å². The van der Waals surface area contributed by atoms with Gasteiger partial charge in [0.25, 0.3) is 11.8 Å². The summed E-state index contributed by atoms with van der Waals surface area (Å²) in [4.78, 5) is 27.2. The molecule has 25 heavy (non-hydrogen) atoms. The first kappa shape index (κ1) is 16.2. The summed E-state index contributed by atoms with van der Waals surface area (Å²) >= 11 is 6.18. The molecule has 1 N–H and O–H groups in total. The Bertz CT molecular complexity index is 808. The Morgan fingerprint density at radius 3 is 2.44 bits per heavy atom. The highest BCUT2D eigenvalue weighted by atomic mass is 35.5. The highest BCUT2D eigenvalue weighted by molar-refractivity contribution is 6.33. The third-order valence-electron chi connectivity index (χ3n) is 5.20. The Kier molecular flexibility index (Phi) is 4.22. The van der Waals surface area contributed by atoms with E-state index in [-0.39, 0.29) is 23.9 Å². The molecule has 2 amide bonds. The lowest BCUT2D eigenvalue weighted by Crippen LogP contribution is -2.52. The number of hydrogen-bond donors (Lipinski definition) is 1. The van der Waals surface area contributed by atoms with Gasteiger partial charge in [-0.3, -0.25) is 9.59 Å². The SMILES string of the molecule is O=C(N[C@H]1C[C@@H]2C[C@H]1N(C(=O)c1ccccc1Cl)C2)c1ccccc1. The molecule has 1 heterocycles. The third-order valence-corrected chi connectivity index (χ3v) is 5.53. The highest BCUT2D eigenvalue weighted by Crippen LogP contribution is 2.39. The van der Waals surface area contributed by atoms with Crippen LogP contribution in [0.2, 0.25) is 5.02 Å². The van der Waals surface area contributed by atoms with Gasteiger partial charge in [-0.15, -0.1) is 0 Å². The van der Waals surface area contributed by atoms with E-state index in [4.69, 9.17) is 11.6 Å². The number of fused-ring (bicyclic) bond motifs is 2. The van der Waals surface area contributed by atoms with E-state index < -0.39 is 0 Å². The van der Waals surface area contributed by atoms with Crippen molar-refractivity contribution in [1.29, 1.82) is 0 Å². The molecule has 5 heteroatoms. The summed E-state index contributed by atoms with van der Waals surface area (Å²) in [5, 5.41) is 3.58. The third kappa shape index (κ3) is 3.02. The first-order valence-corrected chi connectivity index (χ1v) is 8.92. The molecule has 1 aliphatic heterocycles. The molecule has 2 aliphatic rings. The standard InChI is InChI=1S/C20H19ClN2O2/c21-16-9-5-4-8-15(16)20(25)23-12-13-10-17(18(23)11-13)22-19(24)14-6-2-1-3-7-14/h1-9,13,17-18H,10-12H2,(H,22,24)/t13-,17+,18-/m1/s1. The van der Waals surface area contributed by atoms with Crippen molar-refractivity contribution in [2.45, 2.75) is 24.9 Å². The zero-order valence-electron chi connectivity index (χ0n) is 13.7. The lowest BCUT2D eigenvalue weighted by molar-refractivity contribution is 0.0648. The number of amides is 2. The van der Waals surface area contributed by atoms with E-state index in [1.54, 1.807) is 24.3 Å². The number of rotatable bonds is 3. The first-order valence-electron chi connectivity index (χ1n) is 8.55. The van der Waals surface area contributed by atoms with E-state index in [1.807, 2.05) is 35.2 Å². The van der Waals surface area contributed by atoms with E-state index in [1.165, 1.54) is 0 Å². The van der Waals surface area contributed by atoms with Crippen LogP contribution in [0.3, 0.4) is 0 Å². The molecule has 0 radical (unpaired) electrons. The van der Waals surface area contributed by atoms with E-state index in [0.29, 0.717) is 22.1 Å². The van der Waals surface area contributed by atoms with Gasteiger partial charge < -0.3 is 10.2 Å². The molecule has 128 valence electrons. The summed E-state index contributed by atoms with van der Waals surface area (Å²) in [5.74, 6) is 0.317. The number of carbonyl (C=O) groups excluding carboxylic acids is 2. The molecule has 1 saturated carbocycles. The molecule has 3 atom stereocenters. The van der Waals surface area contributed by atoms with Gasteiger partial charge in [0.1, 0.15) is 0 Å². The second kappa shape index (κ2) is 6.52. The molecule has 2 fully saturated rings. The second-order valence-corrected chi connectivity index (χ2v) is 7.20. The van der Waals surface area contributed by atoms with Gasteiger partial charge in [-0.05, 0) is 43.0 Å². The molecule has 2 bridgehead atoms. The van der Waals surface area contributed by atoms with Gasteiger partial charge in [-0.2, -0.15) is 0 Å². The van der Waals surface area contributed by atoms with Crippen LogP contribution in [0.15, 0.2) is 54.6 Å².